The number of hydrogen-bond donors (Lipinski definition) is 1. The summed E-state index contributed by atoms with van der Waals surface area (Å²) in [5, 5.41) is 10.6. The average molecular weight is 654 g/mol. The monoisotopic (exact) mass is 653 g/mol. The van der Waals surface area contributed by atoms with E-state index in [-0.39, 0.29) is 6.17 Å². The Morgan fingerprint density at radius 2 is 1.12 bits per heavy atom. The lowest BCUT2D eigenvalue weighted by atomic mass is 9.95. The average Bonchev–Trinajstić information content (AvgIpc) is 3.57. The Hall–Kier alpha value is -6.78. The molecule has 2 heterocycles. The summed E-state index contributed by atoms with van der Waals surface area (Å²) in [5.74, 6) is 1.51. The third-order valence-electron chi connectivity index (χ3n) is 9.90. The fourth-order valence-corrected chi connectivity index (χ4v) is 7.33. The molecule has 1 aromatic heterocycles. The van der Waals surface area contributed by atoms with E-state index in [0.29, 0.717) is 5.84 Å². The smallest absolute Gasteiger partial charge is 0.159 e. The van der Waals surface area contributed by atoms with Gasteiger partial charge in [-0.05, 0) is 68.1 Å². The van der Waals surface area contributed by atoms with Gasteiger partial charge in [0.15, 0.2) is 5.84 Å². The van der Waals surface area contributed by atoms with Crippen molar-refractivity contribution < 1.29 is 4.42 Å². The Labute approximate surface area is 295 Å². The van der Waals surface area contributed by atoms with Crippen LogP contribution >= 0.6 is 0 Å². The summed E-state index contributed by atoms with van der Waals surface area (Å²) in [7, 11) is 0. The van der Waals surface area contributed by atoms with Gasteiger partial charge in [0.25, 0.3) is 0 Å². The molecule has 0 saturated heterocycles. The van der Waals surface area contributed by atoms with Crippen LogP contribution < -0.4 is 5.32 Å². The molecule has 8 aromatic carbocycles. The highest BCUT2D eigenvalue weighted by Gasteiger charge is 2.22. The van der Waals surface area contributed by atoms with Crippen molar-refractivity contribution in [2.75, 3.05) is 0 Å². The molecule has 9 aromatic rings. The first-order valence-electron chi connectivity index (χ1n) is 17.3. The number of nitrogens with zero attached hydrogens (tertiary/aromatic N) is 2. The molecule has 4 nitrogen and oxygen atoms in total. The lowest BCUT2D eigenvalue weighted by molar-refractivity contribution is 0.670. The number of benzene rings is 8. The van der Waals surface area contributed by atoms with Gasteiger partial charge in [-0.1, -0.05) is 152 Å². The molecule has 1 aliphatic rings. The van der Waals surface area contributed by atoms with E-state index < -0.39 is 0 Å². The van der Waals surface area contributed by atoms with Crippen LogP contribution in [0.2, 0.25) is 0 Å². The molecule has 1 N–H and O–H groups in total. The zero-order valence-electron chi connectivity index (χ0n) is 27.6. The van der Waals surface area contributed by atoms with Crippen LogP contribution in [0.15, 0.2) is 190 Å². The maximum Gasteiger partial charge on any atom is 0.159 e. The van der Waals surface area contributed by atoms with Crippen molar-refractivity contribution in [3.05, 3.63) is 193 Å². The number of hydrogen-bond acceptors (Lipinski definition) is 4. The molecular weight excluding hydrogens is 623 g/mol. The maximum absolute atomic E-state index is 6.72. The summed E-state index contributed by atoms with van der Waals surface area (Å²) in [4.78, 5) is 10.2. The standard InChI is InChI=1S/C47H31N3O/c1-3-12-32(13-4-1)43-39-18-10-9-17-37(39)28-41-40-26-25-36(29-42(40)51-44(41)43)31-19-22-34(23-20-31)46-48-45(33-14-5-2-6-15-33)49-47(50-46)38-24-21-30-11-7-8-16-35(30)27-38/h1-29,47H,(H,48,49,50). The number of rotatable bonds is 5. The third-order valence-corrected chi connectivity index (χ3v) is 9.90. The zero-order valence-corrected chi connectivity index (χ0v) is 27.6. The predicted molar refractivity (Wildman–Crippen MR) is 211 cm³/mol. The van der Waals surface area contributed by atoms with Gasteiger partial charge in [0, 0.05) is 27.5 Å². The van der Waals surface area contributed by atoms with Crippen LogP contribution in [-0.4, -0.2) is 11.7 Å². The van der Waals surface area contributed by atoms with Crippen LogP contribution in [0.3, 0.4) is 0 Å². The molecule has 0 aliphatic carbocycles. The van der Waals surface area contributed by atoms with E-state index in [0.717, 1.165) is 66.7 Å². The molecule has 51 heavy (non-hydrogen) atoms. The van der Waals surface area contributed by atoms with Crippen molar-refractivity contribution in [2.24, 2.45) is 9.98 Å². The Kier molecular flexibility index (Phi) is 6.85. The topological polar surface area (TPSA) is 49.9 Å². The van der Waals surface area contributed by atoms with Gasteiger partial charge < -0.3 is 9.73 Å². The fraction of sp³-hybridized carbons (Fsp3) is 0.0213. The lowest BCUT2D eigenvalue weighted by Gasteiger charge is -2.24. The van der Waals surface area contributed by atoms with Gasteiger partial charge in [0.1, 0.15) is 23.2 Å². The SMILES string of the molecule is c1ccc(C2=NC(c3ccc(-c4ccc5c(c4)oc4c(-c6ccccc6)c6ccccc6cc45)cc3)=NC(c3ccc4ccccc4c3)N2)cc1. The van der Waals surface area contributed by atoms with Gasteiger partial charge in [-0.15, -0.1) is 0 Å². The largest absolute Gasteiger partial charge is 0.455 e. The van der Waals surface area contributed by atoms with Crippen LogP contribution in [0.5, 0.6) is 0 Å². The van der Waals surface area contributed by atoms with Crippen molar-refractivity contribution in [1.82, 2.24) is 5.32 Å². The predicted octanol–water partition coefficient (Wildman–Crippen LogP) is 11.7. The lowest BCUT2D eigenvalue weighted by Crippen LogP contribution is -2.33. The highest BCUT2D eigenvalue weighted by Crippen LogP contribution is 2.42. The molecule has 4 heteroatoms. The summed E-state index contributed by atoms with van der Waals surface area (Å²) in [6, 6.07) is 61.6. The van der Waals surface area contributed by atoms with E-state index in [2.05, 4.69) is 163 Å². The van der Waals surface area contributed by atoms with Crippen LogP contribution in [0.4, 0.5) is 0 Å². The van der Waals surface area contributed by atoms with E-state index in [1.165, 1.54) is 21.5 Å². The first-order chi connectivity index (χ1) is 25.2. The van der Waals surface area contributed by atoms with E-state index in [1.54, 1.807) is 0 Å². The maximum atomic E-state index is 6.72. The van der Waals surface area contributed by atoms with Crippen LogP contribution in [0, 0.1) is 0 Å². The molecule has 0 amide bonds. The number of furan rings is 1. The van der Waals surface area contributed by atoms with Crippen molar-refractivity contribution >= 4 is 55.2 Å². The second kappa shape index (κ2) is 12.0. The quantitative estimate of drug-likeness (QED) is 0.201. The molecule has 0 radical (unpaired) electrons. The summed E-state index contributed by atoms with van der Waals surface area (Å²) in [5.41, 5.74) is 9.33. The molecule has 1 aliphatic heterocycles. The number of fused-ring (bicyclic) bond motifs is 5. The number of amidine groups is 2. The van der Waals surface area contributed by atoms with Crippen LogP contribution in [0.25, 0.3) is 65.7 Å². The van der Waals surface area contributed by atoms with Crippen molar-refractivity contribution in [3.63, 3.8) is 0 Å². The minimum atomic E-state index is -0.273. The molecule has 0 fully saturated rings. The van der Waals surface area contributed by atoms with E-state index in [1.807, 2.05) is 18.2 Å². The second-order valence-corrected chi connectivity index (χ2v) is 13.0. The van der Waals surface area contributed by atoms with E-state index in [9.17, 15) is 0 Å². The minimum absolute atomic E-state index is 0.273. The summed E-state index contributed by atoms with van der Waals surface area (Å²) in [6.07, 6.45) is -0.273. The van der Waals surface area contributed by atoms with E-state index >= 15 is 0 Å². The molecular formula is C47H31N3O. The van der Waals surface area contributed by atoms with E-state index in [4.69, 9.17) is 14.4 Å². The van der Waals surface area contributed by atoms with Crippen molar-refractivity contribution in [1.29, 1.82) is 0 Å². The number of aliphatic imine (C=N–C) groups is 2. The Bertz CT molecular complexity index is 2820. The molecule has 0 bridgehead atoms. The van der Waals surface area contributed by atoms with Crippen LogP contribution in [0.1, 0.15) is 22.9 Å². The zero-order chi connectivity index (χ0) is 33.7. The fourth-order valence-electron chi connectivity index (χ4n) is 7.33. The Morgan fingerprint density at radius 3 is 1.92 bits per heavy atom. The first kappa shape index (κ1) is 29.2. The normalized spacial score (nSPS) is 14.5. The van der Waals surface area contributed by atoms with Gasteiger partial charge in [0.05, 0.1) is 0 Å². The van der Waals surface area contributed by atoms with Gasteiger partial charge in [-0.3, -0.25) is 0 Å². The highest BCUT2D eigenvalue weighted by molar-refractivity contribution is 6.18. The van der Waals surface area contributed by atoms with Crippen LogP contribution in [-0.2, 0) is 0 Å². The Morgan fingerprint density at radius 1 is 0.451 bits per heavy atom. The molecule has 240 valence electrons. The minimum Gasteiger partial charge on any atom is -0.455 e. The molecule has 1 unspecified atom stereocenters. The van der Waals surface area contributed by atoms with Gasteiger partial charge in [0.2, 0.25) is 0 Å². The molecule has 0 spiro atoms. The molecule has 10 rings (SSSR count). The van der Waals surface area contributed by atoms with Gasteiger partial charge >= 0.3 is 0 Å². The highest BCUT2D eigenvalue weighted by atomic mass is 16.3. The Balaban J connectivity index is 1.04. The molecule has 0 saturated carbocycles. The summed E-state index contributed by atoms with van der Waals surface area (Å²) < 4.78 is 6.72. The molecule has 1 atom stereocenters. The second-order valence-electron chi connectivity index (χ2n) is 13.0. The number of nitrogens with one attached hydrogen (secondary N) is 1. The first-order valence-corrected chi connectivity index (χ1v) is 17.3. The summed E-state index contributed by atoms with van der Waals surface area (Å²) >= 11 is 0. The summed E-state index contributed by atoms with van der Waals surface area (Å²) in [6.45, 7) is 0. The van der Waals surface area contributed by atoms with Crippen molar-refractivity contribution in [3.8, 4) is 22.3 Å². The third kappa shape index (κ3) is 5.17. The van der Waals surface area contributed by atoms with Gasteiger partial charge in [-0.25, -0.2) is 9.98 Å². The van der Waals surface area contributed by atoms with Crippen molar-refractivity contribution in [2.45, 2.75) is 6.17 Å². The van der Waals surface area contributed by atoms with Gasteiger partial charge in [-0.2, -0.15) is 0 Å².